The predicted molar refractivity (Wildman–Crippen MR) is 73.9 cm³/mol. The number of hydrogen-bond donors (Lipinski definition) is 1. The lowest BCUT2D eigenvalue weighted by Crippen LogP contribution is -2.19. The first kappa shape index (κ1) is 12.7. The minimum absolute atomic E-state index is 0.00194. The van der Waals surface area contributed by atoms with Crippen molar-refractivity contribution in [2.45, 2.75) is 12.5 Å². The molecule has 4 heteroatoms. The highest BCUT2D eigenvalue weighted by atomic mass is 79.9. The van der Waals surface area contributed by atoms with Crippen LogP contribution in [0, 0.1) is 5.82 Å². The fraction of sp³-hybridized carbons (Fsp3) is 0.231. The Kier molecular flexibility index (Phi) is 4.31. The average Bonchev–Trinajstić information content (AvgIpc) is 2.82. The van der Waals surface area contributed by atoms with Crippen molar-refractivity contribution in [2.75, 3.05) is 7.05 Å². The average molecular weight is 314 g/mol. The van der Waals surface area contributed by atoms with E-state index in [9.17, 15) is 4.39 Å². The van der Waals surface area contributed by atoms with Gasteiger partial charge in [0.25, 0.3) is 0 Å². The molecule has 1 N–H and O–H groups in total. The van der Waals surface area contributed by atoms with Crippen molar-refractivity contribution < 1.29 is 4.39 Å². The molecule has 1 aromatic heterocycles. The van der Waals surface area contributed by atoms with Gasteiger partial charge in [-0.2, -0.15) is 11.3 Å². The number of hydrogen-bond acceptors (Lipinski definition) is 2. The topological polar surface area (TPSA) is 12.0 Å². The van der Waals surface area contributed by atoms with E-state index < -0.39 is 0 Å². The van der Waals surface area contributed by atoms with E-state index in [-0.39, 0.29) is 11.9 Å². The summed E-state index contributed by atoms with van der Waals surface area (Å²) >= 11 is 5.04. The molecule has 0 fully saturated rings. The van der Waals surface area contributed by atoms with Crippen molar-refractivity contribution in [3.63, 3.8) is 0 Å². The fourth-order valence-corrected chi connectivity index (χ4v) is 2.85. The van der Waals surface area contributed by atoms with Gasteiger partial charge in [-0.15, -0.1) is 0 Å². The number of likely N-dealkylation sites (N-methyl/N-ethyl adjacent to an activating group) is 1. The lowest BCUT2D eigenvalue weighted by molar-refractivity contribution is 0.534. The fourth-order valence-electron chi connectivity index (χ4n) is 1.79. The molecule has 0 radical (unpaired) electrons. The Balaban J connectivity index is 2.25. The molecule has 0 amide bonds. The summed E-state index contributed by atoms with van der Waals surface area (Å²) in [4.78, 5) is 0. The van der Waals surface area contributed by atoms with E-state index in [1.165, 1.54) is 11.6 Å². The maximum absolute atomic E-state index is 13.8. The number of nitrogens with one attached hydrogen (secondary N) is 1. The van der Waals surface area contributed by atoms with Crippen molar-refractivity contribution in [3.8, 4) is 0 Å². The van der Waals surface area contributed by atoms with Crippen LogP contribution in [0.3, 0.4) is 0 Å². The van der Waals surface area contributed by atoms with Gasteiger partial charge in [-0.3, -0.25) is 0 Å². The third kappa shape index (κ3) is 3.15. The molecule has 1 atom stereocenters. The minimum Gasteiger partial charge on any atom is -0.313 e. The lowest BCUT2D eigenvalue weighted by Gasteiger charge is -2.17. The van der Waals surface area contributed by atoms with Crippen LogP contribution in [0.2, 0.25) is 0 Å². The van der Waals surface area contributed by atoms with Gasteiger partial charge >= 0.3 is 0 Å². The number of benzene rings is 1. The van der Waals surface area contributed by atoms with Crippen LogP contribution in [0.15, 0.2) is 39.5 Å². The van der Waals surface area contributed by atoms with Crippen LogP contribution in [0.1, 0.15) is 17.2 Å². The summed E-state index contributed by atoms with van der Waals surface area (Å²) < 4.78 is 14.7. The molecular weight excluding hydrogens is 301 g/mol. The first-order valence-corrected chi connectivity index (χ1v) is 7.07. The Morgan fingerprint density at radius 1 is 1.41 bits per heavy atom. The van der Waals surface area contributed by atoms with Crippen molar-refractivity contribution in [2.24, 2.45) is 0 Å². The molecule has 0 bridgehead atoms. The van der Waals surface area contributed by atoms with E-state index in [1.54, 1.807) is 17.4 Å². The summed E-state index contributed by atoms with van der Waals surface area (Å²) in [5.74, 6) is -0.164. The Bertz CT molecular complexity index is 484. The Hall–Kier alpha value is -0.710. The standard InChI is InChI=1S/C13H13BrFNS/c1-16-13(6-9-4-5-17-8-9)11-7-10(14)2-3-12(11)15/h2-5,7-8,13,16H,6H2,1H3. The van der Waals surface area contributed by atoms with Gasteiger partial charge in [-0.1, -0.05) is 15.9 Å². The molecule has 0 saturated carbocycles. The summed E-state index contributed by atoms with van der Waals surface area (Å²) in [6.07, 6.45) is 0.799. The number of halogens is 2. The van der Waals surface area contributed by atoms with Crippen LogP contribution in [0.4, 0.5) is 4.39 Å². The zero-order valence-corrected chi connectivity index (χ0v) is 11.8. The lowest BCUT2D eigenvalue weighted by atomic mass is 10.0. The largest absolute Gasteiger partial charge is 0.313 e. The van der Waals surface area contributed by atoms with Gasteiger partial charge in [0, 0.05) is 16.1 Å². The second-order valence-electron chi connectivity index (χ2n) is 3.84. The molecule has 2 aromatic rings. The van der Waals surface area contributed by atoms with Crippen molar-refractivity contribution in [1.29, 1.82) is 0 Å². The summed E-state index contributed by atoms with van der Waals surface area (Å²) in [7, 11) is 1.86. The van der Waals surface area contributed by atoms with Gasteiger partial charge in [0.05, 0.1) is 0 Å². The van der Waals surface area contributed by atoms with Crippen molar-refractivity contribution in [1.82, 2.24) is 5.32 Å². The molecule has 0 aliphatic carbocycles. The smallest absolute Gasteiger partial charge is 0.128 e. The first-order valence-electron chi connectivity index (χ1n) is 5.34. The molecule has 0 aliphatic rings. The van der Waals surface area contributed by atoms with Gasteiger partial charge in [-0.05, 0) is 54.1 Å². The highest BCUT2D eigenvalue weighted by molar-refractivity contribution is 9.10. The molecule has 0 aliphatic heterocycles. The number of thiophene rings is 1. The molecule has 1 aromatic carbocycles. The van der Waals surface area contributed by atoms with Crippen LogP contribution in [-0.4, -0.2) is 7.05 Å². The highest BCUT2D eigenvalue weighted by Gasteiger charge is 2.15. The van der Waals surface area contributed by atoms with Crippen LogP contribution in [0.5, 0.6) is 0 Å². The van der Waals surface area contributed by atoms with Crippen LogP contribution < -0.4 is 5.32 Å². The van der Waals surface area contributed by atoms with Gasteiger partial charge in [0.2, 0.25) is 0 Å². The third-order valence-electron chi connectivity index (χ3n) is 2.70. The van der Waals surface area contributed by atoms with Crippen LogP contribution >= 0.6 is 27.3 Å². The quantitative estimate of drug-likeness (QED) is 0.894. The molecule has 0 spiro atoms. The molecule has 2 rings (SSSR count). The predicted octanol–water partition coefficient (Wildman–Crippen LogP) is 4.15. The monoisotopic (exact) mass is 313 g/mol. The van der Waals surface area contributed by atoms with Crippen molar-refractivity contribution in [3.05, 3.63) is 56.4 Å². The number of rotatable bonds is 4. The Morgan fingerprint density at radius 3 is 2.88 bits per heavy atom. The second-order valence-corrected chi connectivity index (χ2v) is 5.54. The normalized spacial score (nSPS) is 12.6. The van der Waals surface area contributed by atoms with Gasteiger partial charge < -0.3 is 5.32 Å². The van der Waals surface area contributed by atoms with E-state index >= 15 is 0 Å². The third-order valence-corrected chi connectivity index (χ3v) is 3.93. The van der Waals surface area contributed by atoms with Gasteiger partial charge in [-0.25, -0.2) is 4.39 Å². The Labute approximate surface area is 113 Å². The first-order chi connectivity index (χ1) is 8.20. The minimum atomic E-state index is -0.164. The van der Waals surface area contributed by atoms with E-state index in [2.05, 4.69) is 32.7 Å². The maximum Gasteiger partial charge on any atom is 0.128 e. The van der Waals surface area contributed by atoms with Gasteiger partial charge in [0.1, 0.15) is 5.82 Å². The molecular formula is C13H13BrFNS. The highest BCUT2D eigenvalue weighted by Crippen LogP contribution is 2.25. The molecule has 17 heavy (non-hydrogen) atoms. The molecule has 0 saturated heterocycles. The second kappa shape index (κ2) is 5.76. The molecule has 1 unspecified atom stereocenters. The van der Waals surface area contributed by atoms with Crippen LogP contribution in [-0.2, 0) is 6.42 Å². The van der Waals surface area contributed by atoms with E-state index in [0.717, 1.165) is 10.9 Å². The van der Waals surface area contributed by atoms with E-state index in [0.29, 0.717) is 5.56 Å². The Morgan fingerprint density at radius 2 is 2.24 bits per heavy atom. The molecule has 1 nitrogen and oxygen atoms in total. The molecule has 90 valence electrons. The van der Waals surface area contributed by atoms with E-state index in [4.69, 9.17) is 0 Å². The van der Waals surface area contributed by atoms with Gasteiger partial charge in [0.15, 0.2) is 0 Å². The molecule has 1 heterocycles. The summed E-state index contributed by atoms with van der Waals surface area (Å²) in [6, 6.07) is 7.13. The van der Waals surface area contributed by atoms with Crippen LogP contribution in [0.25, 0.3) is 0 Å². The zero-order chi connectivity index (χ0) is 12.3. The summed E-state index contributed by atoms with van der Waals surface area (Å²) in [5, 5.41) is 7.31. The van der Waals surface area contributed by atoms with Crippen molar-refractivity contribution >= 4 is 27.3 Å². The summed E-state index contributed by atoms with van der Waals surface area (Å²) in [6.45, 7) is 0. The van der Waals surface area contributed by atoms with E-state index in [1.807, 2.05) is 18.5 Å². The maximum atomic E-state index is 13.8. The SMILES string of the molecule is CNC(Cc1ccsc1)c1cc(Br)ccc1F. The summed E-state index contributed by atoms with van der Waals surface area (Å²) in [5.41, 5.74) is 1.93. The zero-order valence-electron chi connectivity index (χ0n) is 9.41.